The SMILES string of the molecule is Cc1cccc(-c2cc(CC3(C(=O)O)CCCN(C(=O)CCC4CCCC4)C3)on2)c1. The Hall–Kier alpha value is -2.63. The second kappa shape index (κ2) is 9.25. The first-order valence-corrected chi connectivity index (χ1v) is 11.5. The standard InChI is InChI=1S/C25H32N2O4/c1-18-6-4-9-20(14-18)22-15-21(31-26-22)16-25(24(29)30)12-5-13-27(17-25)23(28)11-10-19-7-2-3-8-19/h4,6,9,14-15,19H,2-3,5,7-8,10-13,16-17H2,1H3,(H,29,30). The fourth-order valence-electron chi connectivity index (χ4n) is 5.19. The van der Waals surface area contributed by atoms with E-state index in [2.05, 4.69) is 5.16 Å². The van der Waals surface area contributed by atoms with E-state index in [9.17, 15) is 14.7 Å². The van der Waals surface area contributed by atoms with Crippen LogP contribution in [-0.4, -0.2) is 40.1 Å². The fraction of sp³-hybridized carbons (Fsp3) is 0.560. The molecule has 0 spiro atoms. The number of aliphatic carboxylic acids is 1. The van der Waals surface area contributed by atoms with Gasteiger partial charge in [0.15, 0.2) is 0 Å². The van der Waals surface area contributed by atoms with E-state index in [1.165, 1.54) is 25.7 Å². The molecule has 2 aromatic rings. The van der Waals surface area contributed by atoms with Crippen molar-refractivity contribution in [1.29, 1.82) is 0 Å². The van der Waals surface area contributed by atoms with E-state index in [1.54, 1.807) is 4.90 Å². The van der Waals surface area contributed by atoms with Crippen molar-refractivity contribution in [2.45, 2.75) is 64.7 Å². The number of likely N-dealkylation sites (tertiary alicyclic amines) is 1. The van der Waals surface area contributed by atoms with Crippen LogP contribution in [0.4, 0.5) is 0 Å². The number of carboxylic acid groups (broad SMARTS) is 1. The third-order valence-electron chi connectivity index (χ3n) is 7.01. The predicted octanol–water partition coefficient (Wildman–Crippen LogP) is 4.86. The molecule has 1 saturated heterocycles. The van der Waals surface area contributed by atoms with Gasteiger partial charge in [-0.15, -0.1) is 0 Å². The van der Waals surface area contributed by atoms with Crippen LogP contribution in [-0.2, 0) is 16.0 Å². The molecule has 4 rings (SSSR count). The van der Waals surface area contributed by atoms with E-state index in [4.69, 9.17) is 4.52 Å². The van der Waals surface area contributed by atoms with E-state index in [0.29, 0.717) is 43.2 Å². The summed E-state index contributed by atoms with van der Waals surface area (Å²) in [4.78, 5) is 26.9. The van der Waals surface area contributed by atoms with Gasteiger partial charge in [0, 0.05) is 37.6 Å². The highest BCUT2D eigenvalue weighted by molar-refractivity contribution is 5.80. The second-order valence-electron chi connectivity index (χ2n) is 9.42. The van der Waals surface area contributed by atoms with Crippen LogP contribution >= 0.6 is 0 Å². The molecule has 2 fully saturated rings. The lowest BCUT2D eigenvalue weighted by atomic mass is 9.76. The lowest BCUT2D eigenvalue weighted by Gasteiger charge is -2.39. The van der Waals surface area contributed by atoms with Crippen molar-refractivity contribution < 1.29 is 19.2 Å². The Bertz CT molecular complexity index is 931. The van der Waals surface area contributed by atoms with Crippen molar-refractivity contribution in [1.82, 2.24) is 10.1 Å². The van der Waals surface area contributed by atoms with Crippen LogP contribution in [0.1, 0.15) is 62.7 Å². The molecule has 2 heterocycles. The van der Waals surface area contributed by atoms with Crippen molar-refractivity contribution in [2.24, 2.45) is 11.3 Å². The maximum Gasteiger partial charge on any atom is 0.311 e. The zero-order chi connectivity index (χ0) is 21.8. The van der Waals surface area contributed by atoms with Crippen molar-refractivity contribution in [3.8, 4) is 11.3 Å². The molecule has 1 aromatic heterocycles. The molecule has 1 saturated carbocycles. The Morgan fingerprint density at radius 1 is 1.23 bits per heavy atom. The Morgan fingerprint density at radius 3 is 2.77 bits per heavy atom. The number of piperidine rings is 1. The molecule has 1 unspecified atom stereocenters. The summed E-state index contributed by atoms with van der Waals surface area (Å²) in [5.41, 5.74) is 1.76. The normalized spacial score (nSPS) is 22.0. The van der Waals surface area contributed by atoms with Crippen LogP contribution < -0.4 is 0 Å². The number of amides is 1. The zero-order valence-electron chi connectivity index (χ0n) is 18.3. The summed E-state index contributed by atoms with van der Waals surface area (Å²) >= 11 is 0. The summed E-state index contributed by atoms with van der Waals surface area (Å²) in [6, 6.07) is 9.81. The summed E-state index contributed by atoms with van der Waals surface area (Å²) in [6.45, 7) is 2.90. The first kappa shape index (κ1) is 21.6. The number of nitrogens with zero attached hydrogens (tertiary/aromatic N) is 2. The summed E-state index contributed by atoms with van der Waals surface area (Å²) < 4.78 is 5.53. The minimum Gasteiger partial charge on any atom is -0.481 e. The van der Waals surface area contributed by atoms with Crippen LogP contribution in [0.3, 0.4) is 0 Å². The van der Waals surface area contributed by atoms with Gasteiger partial charge in [-0.2, -0.15) is 0 Å². The molecule has 1 amide bonds. The number of carbonyl (C=O) groups excluding carboxylic acids is 1. The molecule has 1 aliphatic carbocycles. The largest absolute Gasteiger partial charge is 0.481 e. The van der Waals surface area contributed by atoms with Crippen molar-refractivity contribution >= 4 is 11.9 Å². The van der Waals surface area contributed by atoms with Crippen molar-refractivity contribution in [3.05, 3.63) is 41.7 Å². The number of aryl methyl sites for hydroxylation is 1. The molecule has 6 nitrogen and oxygen atoms in total. The Balaban J connectivity index is 1.44. The van der Waals surface area contributed by atoms with Crippen LogP contribution in [0.15, 0.2) is 34.9 Å². The maximum absolute atomic E-state index is 12.8. The highest BCUT2D eigenvalue weighted by Crippen LogP contribution is 2.36. The fourth-order valence-corrected chi connectivity index (χ4v) is 5.19. The summed E-state index contributed by atoms with van der Waals surface area (Å²) in [6.07, 6.45) is 7.92. The minimum absolute atomic E-state index is 0.0928. The molecule has 1 atom stereocenters. The lowest BCUT2D eigenvalue weighted by Crippen LogP contribution is -2.51. The monoisotopic (exact) mass is 424 g/mol. The minimum atomic E-state index is -1.02. The Kier molecular flexibility index (Phi) is 6.44. The summed E-state index contributed by atoms with van der Waals surface area (Å²) in [7, 11) is 0. The van der Waals surface area contributed by atoms with Gasteiger partial charge in [0.1, 0.15) is 11.5 Å². The van der Waals surface area contributed by atoms with Gasteiger partial charge in [-0.1, -0.05) is 54.6 Å². The average Bonchev–Trinajstić information content (AvgIpc) is 3.44. The number of carbonyl (C=O) groups is 2. The second-order valence-corrected chi connectivity index (χ2v) is 9.42. The number of benzene rings is 1. The van der Waals surface area contributed by atoms with Crippen LogP contribution in [0.5, 0.6) is 0 Å². The highest BCUT2D eigenvalue weighted by atomic mass is 16.5. The van der Waals surface area contributed by atoms with Crippen LogP contribution in [0.2, 0.25) is 0 Å². The number of hydrogen-bond donors (Lipinski definition) is 1. The van der Waals surface area contributed by atoms with Gasteiger partial charge in [0.05, 0.1) is 5.41 Å². The van der Waals surface area contributed by atoms with Gasteiger partial charge >= 0.3 is 5.97 Å². The smallest absolute Gasteiger partial charge is 0.311 e. The van der Waals surface area contributed by atoms with E-state index < -0.39 is 11.4 Å². The van der Waals surface area contributed by atoms with E-state index in [1.807, 2.05) is 37.3 Å². The van der Waals surface area contributed by atoms with Gasteiger partial charge in [0.25, 0.3) is 0 Å². The van der Waals surface area contributed by atoms with E-state index in [-0.39, 0.29) is 18.9 Å². The molecule has 0 bridgehead atoms. The molecule has 6 heteroatoms. The molecule has 2 aliphatic rings. The predicted molar refractivity (Wildman–Crippen MR) is 117 cm³/mol. The molecule has 1 aliphatic heterocycles. The Morgan fingerprint density at radius 2 is 2.03 bits per heavy atom. The average molecular weight is 425 g/mol. The third kappa shape index (κ3) is 5.00. The van der Waals surface area contributed by atoms with Crippen molar-refractivity contribution in [2.75, 3.05) is 13.1 Å². The number of rotatable bonds is 7. The molecule has 1 N–H and O–H groups in total. The number of aromatic nitrogens is 1. The van der Waals surface area contributed by atoms with Gasteiger partial charge in [-0.25, -0.2) is 0 Å². The first-order chi connectivity index (χ1) is 14.9. The summed E-state index contributed by atoms with van der Waals surface area (Å²) in [5.74, 6) is 0.441. The van der Waals surface area contributed by atoms with Gasteiger partial charge in [-0.05, 0) is 38.2 Å². The van der Waals surface area contributed by atoms with E-state index >= 15 is 0 Å². The van der Waals surface area contributed by atoms with Crippen LogP contribution in [0, 0.1) is 18.3 Å². The van der Waals surface area contributed by atoms with Crippen LogP contribution in [0.25, 0.3) is 11.3 Å². The number of carboxylic acids is 1. The third-order valence-corrected chi connectivity index (χ3v) is 7.01. The summed E-state index contributed by atoms with van der Waals surface area (Å²) in [5, 5.41) is 14.3. The van der Waals surface area contributed by atoms with Gasteiger partial charge in [-0.3, -0.25) is 9.59 Å². The maximum atomic E-state index is 12.8. The molecule has 166 valence electrons. The topological polar surface area (TPSA) is 83.6 Å². The highest BCUT2D eigenvalue weighted by Gasteiger charge is 2.44. The zero-order valence-corrected chi connectivity index (χ0v) is 18.3. The van der Waals surface area contributed by atoms with Crippen molar-refractivity contribution in [3.63, 3.8) is 0 Å². The quantitative estimate of drug-likeness (QED) is 0.686. The van der Waals surface area contributed by atoms with E-state index in [0.717, 1.165) is 17.5 Å². The molecule has 1 aromatic carbocycles. The van der Waals surface area contributed by atoms with Gasteiger partial charge < -0.3 is 14.5 Å². The molecular formula is C25H32N2O4. The van der Waals surface area contributed by atoms with Gasteiger partial charge in [0.2, 0.25) is 5.91 Å². The lowest BCUT2D eigenvalue weighted by molar-refractivity contribution is -0.155. The first-order valence-electron chi connectivity index (χ1n) is 11.5. The molecule has 31 heavy (non-hydrogen) atoms. The molecule has 0 radical (unpaired) electrons. The number of hydrogen-bond acceptors (Lipinski definition) is 4. The molecular weight excluding hydrogens is 392 g/mol. The Labute approximate surface area is 183 Å².